The van der Waals surface area contributed by atoms with Gasteiger partial charge in [0.25, 0.3) is 0 Å². The summed E-state index contributed by atoms with van der Waals surface area (Å²) in [6.45, 7) is 8.91. The van der Waals surface area contributed by atoms with Gasteiger partial charge in [0.1, 0.15) is 11.6 Å². The van der Waals surface area contributed by atoms with Crippen LogP contribution >= 0.6 is 24.0 Å². The number of hydrogen-bond donors (Lipinski definition) is 3. The van der Waals surface area contributed by atoms with Gasteiger partial charge in [0.2, 0.25) is 5.91 Å². The minimum absolute atomic E-state index is 0. The monoisotopic (exact) mass is 569 g/mol. The van der Waals surface area contributed by atoms with Gasteiger partial charge >= 0.3 is 0 Å². The van der Waals surface area contributed by atoms with Gasteiger partial charge in [0, 0.05) is 51.4 Å². The molecule has 1 amide bonds. The van der Waals surface area contributed by atoms with Crippen LogP contribution in [-0.2, 0) is 16.1 Å². The lowest BCUT2D eigenvalue weighted by molar-refractivity contribution is -0.116. The number of amides is 1. The summed E-state index contributed by atoms with van der Waals surface area (Å²) in [4.78, 5) is 21.0. The van der Waals surface area contributed by atoms with Gasteiger partial charge < -0.3 is 25.4 Å². The number of aryl methyl sites for hydroxylation is 2. The molecule has 0 atom stereocenters. The van der Waals surface area contributed by atoms with Crippen molar-refractivity contribution in [3.05, 3.63) is 53.2 Å². The van der Waals surface area contributed by atoms with E-state index in [0.717, 1.165) is 35.4 Å². The van der Waals surface area contributed by atoms with E-state index in [4.69, 9.17) is 9.47 Å². The molecule has 1 aromatic heterocycles. The Morgan fingerprint density at radius 1 is 1.09 bits per heavy atom. The topological polar surface area (TPSA) is 96.9 Å². The first-order valence-electron chi connectivity index (χ1n) is 11.0. The highest BCUT2D eigenvalue weighted by atomic mass is 127. The number of carbonyl (C=O) groups is 1. The summed E-state index contributed by atoms with van der Waals surface area (Å²) in [5.74, 6) is 1.94. The molecule has 9 heteroatoms. The quantitative estimate of drug-likeness (QED) is 0.156. The Bertz CT molecular complexity index is 875. The summed E-state index contributed by atoms with van der Waals surface area (Å²) in [5, 5.41) is 9.22. The molecule has 0 fully saturated rings. The fourth-order valence-electron chi connectivity index (χ4n) is 2.86. The number of pyridine rings is 1. The van der Waals surface area contributed by atoms with Crippen LogP contribution in [0.25, 0.3) is 0 Å². The molecule has 33 heavy (non-hydrogen) atoms. The van der Waals surface area contributed by atoms with Crippen LogP contribution in [0.1, 0.15) is 36.5 Å². The number of carbonyl (C=O) groups excluding carboxylic acids is 1. The summed E-state index contributed by atoms with van der Waals surface area (Å²) in [6.07, 6.45) is 2.86. The maximum absolute atomic E-state index is 12.2. The van der Waals surface area contributed by atoms with Crippen LogP contribution in [0.3, 0.4) is 0 Å². The van der Waals surface area contributed by atoms with Gasteiger partial charge in [-0.05, 0) is 44.0 Å². The van der Waals surface area contributed by atoms with Crippen molar-refractivity contribution in [1.29, 1.82) is 0 Å². The molecule has 0 spiro atoms. The predicted octanol–water partition coefficient (Wildman–Crippen LogP) is 3.82. The summed E-state index contributed by atoms with van der Waals surface area (Å²) >= 11 is 0. The lowest BCUT2D eigenvalue weighted by Gasteiger charge is -2.14. The number of rotatable bonds is 12. The Balaban J connectivity index is 0.00000544. The van der Waals surface area contributed by atoms with Gasteiger partial charge in [0.05, 0.1) is 13.2 Å². The molecule has 0 aliphatic heterocycles. The van der Waals surface area contributed by atoms with Gasteiger partial charge in [-0.1, -0.05) is 18.2 Å². The van der Waals surface area contributed by atoms with E-state index in [2.05, 4.69) is 32.0 Å². The molecule has 3 N–H and O–H groups in total. The smallest absolute Gasteiger partial charge is 0.227 e. The minimum atomic E-state index is -0.102. The second kappa shape index (κ2) is 16.2. The molecule has 1 heterocycles. The van der Waals surface area contributed by atoms with E-state index < -0.39 is 0 Å². The molecule has 0 saturated carbocycles. The second-order valence-electron chi connectivity index (χ2n) is 7.45. The molecule has 2 aromatic rings. The fraction of sp³-hybridized carbons (Fsp3) is 0.458. The molecular weight excluding hydrogens is 533 g/mol. The average Bonchev–Trinajstić information content (AvgIpc) is 2.77. The average molecular weight is 569 g/mol. The van der Waals surface area contributed by atoms with Crippen LogP contribution in [0.5, 0.6) is 5.75 Å². The molecule has 0 bridgehead atoms. The van der Waals surface area contributed by atoms with Crippen molar-refractivity contribution in [3.8, 4) is 5.75 Å². The van der Waals surface area contributed by atoms with Gasteiger partial charge in [-0.15, -0.1) is 24.0 Å². The predicted molar refractivity (Wildman–Crippen MR) is 144 cm³/mol. The van der Waals surface area contributed by atoms with Crippen LogP contribution in [0, 0.1) is 13.8 Å². The van der Waals surface area contributed by atoms with Gasteiger partial charge in [0.15, 0.2) is 5.96 Å². The van der Waals surface area contributed by atoms with Crippen LogP contribution in [-0.4, -0.2) is 50.3 Å². The Kier molecular flexibility index (Phi) is 14.1. The third-order valence-corrected chi connectivity index (χ3v) is 4.55. The maximum Gasteiger partial charge on any atom is 0.227 e. The first-order chi connectivity index (χ1) is 15.5. The van der Waals surface area contributed by atoms with Gasteiger partial charge in [-0.2, -0.15) is 0 Å². The van der Waals surface area contributed by atoms with Gasteiger partial charge in [-0.3, -0.25) is 4.79 Å². The molecule has 0 unspecified atom stereocenters. The number of nitrogens with zero attached hydrogens (tertiary/aromatic N) is 2. The zero-order valence-corrected chi connectivity index (χ0v) is 22.3. The standard InChI is InChI=1S/C24H35N5O3.HI/c1-5-25-24(26-12-11-23(30)29-22-10-8-19(3)16-27-22)28-17-20-9-7-18(2)15-21(20)32-14-6-13-31-4;/h7-10,15-16H,5-6,11-14,17H2,1-4H3,(H2,25,26,28)(H,27,29,30);1H. The molecular formula is C24H36IN5O3. The zero-order chi connectivity index (χ0) is 23.2. The Morgan fingerprint density at radius 3 is 2.58 bits per heavy atom. The molecule has 1 aromatic carbocycles. The summed E-state index contributed by atoms with van der Waals surface area (Å²) in [6, 6.07) is 9.83. The largest absolute Gasteiger partial charge is 0.493 e. The van der Waals surface area contributed by atoms with Crippen molar-refractivity contribution in [1.82, 2.24) is 15.6 Å². The number of aliphatic imine (C=N–C) groups is 1. The van der Waals surface area contributed by atoms with E-state index in [1.54, 1.807) is 19.4 Å². The Hall–Kier alpha value is -2.40. The number of guanidine groups is 1. The van der Waals surface area contributed by atoms with Crippen LogP contribution in [0.4, 0.5) is 5.82 Å². The van der Waals surface area contributed by atoms with Crippen molar-refractivity contribution < 1.29 is 14.3 Å². The number of hydrogen-bond acceptors (Lipinski definition) is 5. The highest BCUT2D eigenvalue weighted by Crippen LogP contribution is 2.21. The minimum Gasteiger partial charge on any atom is -0.493 e. The van der Waals surface area contributed by atoms with Crippen LogP contribution < -0.4 is 20.7 Å². The van der Waals surface area contributed by atoms with E-state index in [1.165, 1.54) is 0 Å². The summed E-state index contributed by atoms with van der Waals surface area (Å²) < 4.78 is 11.0. The fourth-order valence-corrected chi connectivity index (χ4v) is 2.86. The molecule has 0 saturated heterocycles. The van der Waals surface area contributed by atoms with Crippen molar-refractivity contribution in [2.45, 2.75) is 40.2 Å². The first kappa shape index (κ1) is 28.6. The molecule has 0 aliphatic rings. The molecule has 0 radical (unpaired) electrons. The normalized spacial score (nSPS) is 10.8. The molecule has 182 valence electrons. The summed E-state index contributed by atoms with van der Waals surface area (Å²) in [5.41, 5.74) is 3.19. The van der Waals surface area contributed by atoms with Crippen LogP contribution in [0.2, 0.25) is 0 Å². The number of nitrogens with one attached hydrogen (secondary N) is 3. The Morgan fingerprint density at radius 2 is 1.88 bits per heavy atom. The van der Waals surface area contributed by atoms with E-state index >= 15 is 0 Å². The second-order valence-corrected chi connectivity index (χ2v) is 7.45. The third kappa shape index (κ3) is 11.3. The SMILES string of the molecule is CCNC(=NCc1ccc(C)cc1OCCCOC)NCCC(=O)Nc1ccc(C)cn1.I. The number of anilines is 1. The van der Waals surface area contributed by atoms with Crippen LogP contribution in [0.15, 0.2) is 41.5 Å². The van der Waals surface area contributed by atoms with Crippen molar-refractivity contribution in [2.24, 2.45) is 4.99 Å². The lowest BCUT2D eigenvalue weighted by Crippen LogP contribution is -2.38. The number of ether oxygens (including phenoxy) is 2. The number of halogens is 1. The van der Waals surface area contributed by atoms with E-state index in [1.807, 2.05) is 39.0 Å². The third-order valence-electron chi connectivity index (χ3n) is 4.55. The maximum atomic E-state index is 12.2. The lowest BCUT2D eigenvalue weighted by atomic mass is 10.1. The van der Waals surface area contributed by atoms with Gasteiger partial charge in [-0.25, -0.2) is 9.98 Å². The van der Waals surface area contributed by atoms with E-state index in [9.17, 15) is 4.79 Å². The molecule has 2 rings (SSSR count). The number of aromatic nitrogens is 1. The number of benzene rings is 1. The number of methoxy groups -OCH3 is 1. The van der Waals surface area contributed by atoms with Crippen molar-refractivity contribution in [2.75, 3.05) is 38.7 Å². The van der Waals surface area contributed by atoms with E-state index in [-0.39, 0.29) is 29.9 Å². The molecule has 0 aliphatic carbocycles. The highest BCUT2D eigenvalue weighted by Gasteiger charge is 2.07. The van der Waals surface area contributed by atoms with Crippen molar-refractivity contribution >= 4 is 41.7 Å². The Labute approximate surface area is 214 Å². The van der Waals surface area contributed by atoms with Crippen molar-refractivity contribution in [3.63, 3.8) is 0 Å². The molecule has 8 nitrogen and oxygen atoms in total. The zero-order valence-electron chi connectivity index (χ0n) is 19.9. The van der Waals surface area contributed by atoms with E-state index in [0.29, 0.717) is 44.5 Å². The summed E-state index contributed by atoms with van der Waals surface area (Å²) in [7, 11) is 1.69. The highest BCUT2D eigenvalue weighted by molar-refractivity contribution is 14.0. The first-order valence-corrected chi connectivity index (χ1v) is 11.0.